The van der Waals surface area contributed by atoms with E-state index in [-0.39, 0.29) is 17.6 Å². The van der Waals surface area contributed by atoms with Gasteiger partial charge in [0.1, 0.15) is 0 Å². The lowest BCUT2D eigenvalue weighted by molar-refractivity contribution is -0.127. The summed E-state index contributed by atoms with van der Waals surface area (Å²) < 4.78 is 5.84. The highest BCUT2D eigenvalue weighted by molar-refractivity contribution is 6.30. The number of nitrogens with one attached hydrogen (secondary N) is 1. The number of carbonyl (C=O) groups is 1. The van der Waals surface area contributed by atoms with Crippen molar-refractivity contribution >= 4 is 17.5 Å². The van der Waals surface area contributed by atoms with Crippen LogP contribution in [0.4, 0.5) is 0 Å². The van der Waals surface area contributed by atoms with E-state index in [4.69, 9.17) is 22.1 Å². The van der Waals surface area contributed by atoms with Crippen LogP contribution >= 0.6 is 11.6 Å². The largest absolute Gasteiger partial charge is 0.373 e. The zero-order valence-electron chi connectivity index (χ0n) is 16.3. The first-order chi connectivity index (χ1) is 12.1. The van der Waals surface area contributed by atoms with Gasteiger partial charge in [0.2, 0.25) is 5.91 Å². The van der Waals surface area contributed by atoms with Crippen LogP contribution in [-0.2, 0) is 9.53 Å². The lowest BCUT2D eigenvalue weighted by Gasteiger charge is -2.42. The fourth-order valence-electron chi connectivity index (χ4n) is 3.49. The van der Waals surface area contributed by atoms with E-state index in [0.29, 0.717) is 24.6 Å². The molecule has 0 spiro atoms. The van der Waals surface area contributed by atoms with Crippen molar-refractivity contribution in [3.63, 3.8) is 0 Å². The molecule has 1 aliphatic rings. The minimum absolute atomic E-state index is 0.0526. The van der Waals surface area contributed by atoms with E-state index in [1.165, 1.54) is 0 Å². The molecule has 0 saturated carbocycles. The molecule has 2 unspecified atom stereocenters. The van der Waals surface area contributed by atoms with Crippen LogP contribution in [-0.4, -0.2) is 48.2 Å². The number of nitrogens with zero attached hydrogens (tertiary/aromatic N) is 1. The molecular weight excluding hydrogens is 350 g/mol. The van der Waals surface area contributed by atoms with Gasteiger partial charge in [0, 0.05) is 24.7 Å². The standard InChI is InChI=1S/C20H32ClN3O2/c1-5-10-20(4,22)18(25)23-13-17(15-6-8-16(21)9-7-15)24-11-12-26-19(2,3)14-24/h6-9,17H,5,10-14,22H2,1-4H3,(H,23,25). The lowest BCUT2D eigenvalue weighted by Crippen LogP contribution is -2.55. The highest BCUT2D eigenvalue weighted by Gasteiger charge is 2.33. The van der Waals surface area contributed by atoms with Crippen molar-refractivity contribution in [1.82, 2.24) is 10.2 Å². The summed E-state index contributed by atoms with van der Waals surface area (Å²) in [6, 6.07) is 7.88. The fourth-order valence-corrected chi connectivity index (χ4v) is 3.61. The molecule has 2 rings (SSSR count). The maximum Gasteiger partial charge on any atom is 0.239 e. The van der Waals surface area contributed by atoms with E-state index in [9.17, 15) is 4.79 Å². The predicted octanol–water partition coefficient (Wildman–Crippen LogP) is 3.13. The lowest BCUT2D eigenvalue weighted by atomic mass is 9.96. The van der Waals surface area contributed by atoms with Crippen molar-refractivity contribution in [1.29, 1.82) is 0 Å². The van der Waals surface area contributed by atoms with Gasteiger partial charge in [-0.25, -0.2) is 0 Å². The van der Waals surface area contributed by atoms with Gasteiger partial charge in [0.05, 0.1) is 23.8 Å². The van der Waals surface area contributed by atoms with Crippen LogP contribution in [0.15, 0.2) is 24.3 Å². The summed E-state index contributed by atoms with van der Waals surface area (Å²) in [5, 5.41) is 3.77. The third-order valence-corrected chi connectivity index (χ3v) is 5.15. The normalized spacial score (nSPS) is 21.0. The topological polar surface area (TPSA) is 67.6 Å². The highest BCUT2D eigenvalue weighted by Crippen LogP contribution is 2.27. The van der Waals surface area contributed by atoms with E-state index in [0.717, 1.165) is 25.1 Å². The Kier molecular flexibility index (Phi) is 7.08. The summed E-state index contributed by atoms with van der Waals surface area (Å²) in [5.41, 5.74) is 6.25. The second-order valence-corrected chi connectivity index (χ2v) is 8.46. The molecule has 1 aromatic rings. The summed E-state index contributed by atoms with van der Waals surface area (Å²) in [4.78, 5) is 14.9. The Balaban J connectivity index is 2.16. The van der Waals surface area contributed by atoms with Gasteiger partial charge in [-0.15, -0.1) is 0 Å². The average molecular weight is 382 g/mol. The van der Waals surface area contributed by atoms with Gasteiger partial charge in [0.15, 0.2) is 0 Å². The molecule has 146 valence electrons. The number of benzene rings is 1. The van der Waals surface area contributed by atoms with Gasteiger partial charge >= 0.3 is 0 Å². The van der Waals surface area contributed by atoms with Crippen molar-refractivity contribution < 1.29 is 9.53 Å². The SMILES string of the molecule is CCCC(C)(N)C(=O)NCC(c1ccc(Cl)cc1)N1CCOC(C)(C)C1. The maximum absolute atomic E-state index is 12.6. The van der Waals surface area contributed by atoms with E-state index in [1.54, 1.807) is 6.92 Å². The number of morpholine rings is 1. The predicted molar refractivity (Wildman–Crippen MR) is 106 cm³/mol. The summed E-state index contributed by atoms with van der Waals surface area (Å²) in [7, 11) is 0. The number of nitrogens with two attached hydrogens (primary N) is 1. The van der Waals surface area contributed by atoms with Crippen molar-refractivity contribution in [2.75, 3.05) is 26.2 Å². The van der Waals surface area contributed by atoms with Crippen LogP contribution in [0, 0.1) is 0 Å². The Bertz CT molecular complexity index is 602. The van der Waals surface area contributed by atoms with Crippen LogP contribution in [0.25, 0.3) is 0 Å². The van der Waals surface area contributed by atoms with Crippen LogP contribution in [0.2, 0.25) is 5.02 Å². The Morgan fingerprint density at radius 1 is 1.42 bits per heavy atom. The molecule has 0 radical (unpaired) electrons. The van der Waals surface area contributed by atoms with Gasteiger partial charge in [-0.2, -0.15) is 0 Å². The number of hydrogen-bond donors (Lipinski definition) is 2. The number of amides is 1. The number of halogens is 1. The molecule has 2 atom stereocenters. The van der Waals surface area contributed by atoms with Gasteiger partial charge in [-0.3, -0.25) is 9.69 Å². The Morgan fingerprint density at radius 2 is 2.08 bits per heavy atom. The molecule has 3 N–H and O–H groups in total. The number of carbonyl (C=O) groups excluding carboxylic acids is 1. The van der Waals surface area contributed by atoms with E-state index < -0.39 is 5.54 Å². The zero-order valence-corrected chi connectivity index (χ0v) is 17.1. The number of rotatable bonds is 7. The summed E-state index contributed by atoms with van der Waals surface area (Å²) in [5.74, 6) is -0.106. The molecule has 0 aromatic heterocycles. The third kappa shape index (κ3) is 5.68. The molecule has 6 heteroatoms. The van der Waals surface area contributed by atoms with Gasteiger partial charge < -0.3 is 15.8 Å². The van der Waals surface area contributed by atoms with Crippen molar-refractivity contribution in [3.8, 4) is 0 Å². The van der Waals surface area contributed by atoms with Gasteiger partial charge in [-0.1, -0.05) is 37.1 Å². The fraction of sp³-hybridized carbons (Fsp3) is 0.650. The smallest absolute Gasteiger partial charge is 0.239 e. The van der Waals surface area contributed by atoms with Crippen LogP contribution in [0.3, 0.4) is 0 Å². The first kappa shape index (κ1) is 21.2. The first-order valence-corrected chi connectivity index (χ1v) is 9.73. The minimum Gasteiger partial charge on any atom is -0.373 e. The monoisotopic (exact) mass is 381 g/mol. The molecule has 0 bridgehead atoms. The van der Waals surface area contributed by atoms with Crippen LogP contribution in [0.5, 0.6) is 0 Å². The summed E-state index contributed by atoms with van der Waals surface area (Å²) in [6.07, 6.45) is 1.54. The van der Waals surface area contributed by atoms with Crippen molar-refractivity contribution in [2.45, 2.75) is 57.7 Å². The van der Waals surface area contributed by atoms with Gasteiger partial charge in [0.25, 0.3) is 0 Å². The molecule has 26 heavy (non-hydrogen) atoms. The second kappa shape index (κ2) is 8.70. The summed E-state index contributed by atoms with van der Waals surface area (Å²) >= 11 is 6.05. The molecule has 1 amide bonds. The Morgan fingerprint density at radius 3 is 2.65 bits per heavy atom. The molecule has 0 aliphatic carbocycles. The molecule has 1 heterocycles. The Hall–Kier alpha value is -1.14. The highest BCUT2D eigenvalue weighted by atomic mass is 35.5. The van der Waals surface area contributed by atoms with Crippen molar-refractivity contribution in [3.05, 3.63) is 34.9 Å². The number of ether oxygens (including phenoxy) is 1. The molecule has 5 nitrogen and oxygen atoms in total. The molecular formula is C20H32ClN3O2. The molecule has 1 fully saturated rings. The third-order valence-electron chi connectivity index (χ3n) is 4.89. The maximum atomic E-state index is 12.6. The van der Waals surface area contributed by atoms with E-state index >= 15 is 0 Å². The van der Waals surface area contributed by atoms with Crippen LogP contribution < -0.4 is 11.1 Å². The van der Waals surface area contributed by atoms with Crippen molar-refractivity contribution in [2.24, 2.45) is 5.73 Å². The van der Waals surface area contributed by atoms with Gasteiger partial charge in [-0.05, 0) is 44.9 Å². The van der Waals surface area contributed by atoms with E-state index in [1.807, 2.05) is 31.2 Å². The first-order valence-electron chi connectivity index (χ1n) is 9.35. The minimum atomic E-state index is -0.844. The zero-order chi connectivity index (χ0) is 19.4. The van der Waals surface area contributed by atoms with E-state index in [2.05, 4.69) is 24.1 Å². The van der Waals surface area contributed by atoms with Crippen LogP contribution in [0.1, 0.15) is 52.1 Å². The average Bonchev–Trinajstić information content (AvgIpc) is 2.55. The quantitative estimate of drug-likeness (QED) is 0.761. The summed E-state index contributed by atoms with van der Waals surface area (Å²) in [6.45, 7) is 10.8. The number of hydrogen-bond acceptors (Lipinski definition) is 4. The Labute approximate surface area is 162 Å². The molecule has 1 aromatic carbocycles. The second-order valence-electron chi connectivity index (χ2n) is 8.02. The molecule has 1 aliphatic heterocycles. The molecule has 1 saturated heterocycles.